The molecule has 25 heavy (non-hydrogen) atoms. The highest BCUT2D eigenvalue weighted by atomic mass is 16.4. The molecule has 0 aromatic carbocycles. The molecule has 1 aliphatic heterocycles. The van der Waals surface area contributed by atoms with Crippen LogP contribution in [0.3, 0.4) is 0 Å². The van der Waals surface area contributed by atoms with Crippen LogP contribution in [-0.2, 0) is 11.8 Å². The summed E-state index contributed by atoms with van der Waals surface area (Å²) >= 11 is 0. The van der Waals surface area contributed by atoms with Gasteiger partial charge in [0.25, 0.3) is 5.91 Å². The van der Waals surface area contributed by atoms with Crippen molar-refractivity contribution in [3.63, 3.8) is 0 Å². The molecule has 0 saturated carbocycles. The van der Waals surface area contributed by atoms with E-state index >= 15 is 0 Å². The standard InChI is InChI=1S/C18H23N3O4/c1-3-8-18(17(24)25)11-21(10-7-14(18)22)16(23)13-5-4-12-6-9-20(2)15(12)19-13/h4-6,9,14,22H,3,7-8,10-11H2,1-2H3,(H,24,25)/t14-,18+/m0/s1. The number of carboxylic acids is 1. The number of amides is 1. The van der Waals surface area contributed by atoms with Gasteiger partial charge >= 0.3 is 5.97 Å². The van der Waals surface area contributed by atoms with Crippen LogP contribution in [0.1, 0.15) is 36.7 Å². The number of nitrogens with zero attached hydrogens (tertiary/aromatic N) is 3. The Labute approximate surface area is 145 Å². The SMILES string of the molecule is CCC[C@@]1(C(=O)O)CN(C(=O)c2ccc3ccn(C)c3n2)CC[C@@H]1O. The molecule has 1 saturated heterocycles. The van der Waals surface area contributed by atoms with Gasteiger partial charge in [-0.05, 0) is 31.0 Å². The lowest BCUT2D eigenvalue weighted by Gasteiger charge is -2.43. The van der Waals surface area contributed by atoms with Crippen LogP contribution in [0.4, 0.5) is 0 Å². The zero-order valence-electron chi connectivity index (χ0n) is 14.5. The molecule has 3 heterocycles. The number of piperidine rings is 1. The second-order valence-electron chi connectivity index (χ2n) is 6.78. The molecule has 0 aliphatic carbocycles. The Hall–Kier alpha value is -2.41. The minimum atomic E-state index is -1.31. The van der Waals surface area contributed by atoms with Gasteiger partial charge in [-0.3, -0.25) is 9.59 Å². The first-order valence-corrected chi connectivity index (χ1v) is 8.52. The zero-order valence-corrected chi connectivity index (χ0v) is 14.5. The van der Waals surface area contributed by atoms with Crippen LogP contribution < -0.4 is 0 Å². The third-order valence-corrected chi connectivity index (χ3v) is 5.13. The van der Waals surface area contributed by atoms with E-state index in [4.69, 9.17) is 0 Å². The van der Waals surface area contributed by atoms with Gasteiger partial charge < -0.3 is 19.7 Å². The van der Waals surface area contributed by atoms with Gasteiger partial charge in [0.1, 0.15) is 16.8 Å². The quantitative estimate of drug-likeness (QED) is 0.878. The highest BCUT2D eigenvalue weighted by Gasteiger charge is 2.49. The molecule has 134 valence electrons. The summed E-state index contributed by atoms with van der Waals surface area (Å²) in [6.45, 7) is 2.21. The van der Waals surface area contributed by atoms with Crippen molar-refractivity contribution in [3.05, 3.63) is 30.1 Å². The van der Waals surface area contributed by atoms with E-state index in [1.165, 1.54) is 4.90 Å². The molecular formula is C18H23N3O4. The van der Waals surface area contributed by atoms with Gasteiger partial charge in [0.2, 0.25) is 0 Å². The maximum Gasteiger partial charge on any atom is 0.314 e. The van der Waals surface area contributed by atoms with E-state index in [0.717, 1.165) is 5.39 Å². The number of carboxylic acid groups (broad SMARTS) is 1. The number of hydrogen-bond donors (Lipinski definition) is 2. The Balaban J connectivity index is 1.90. The summed E-state index contributed by atoms with van der Waals surface area (Å²) in [6, 6.07) is 5.42. The number of pyridine rings is 1. The van der Waals surface area contributed by atoms with E-state index < -0.39 is 17.5 Å². The number of aliphatic hydroxyl groups excluding tert-OH is 1. The molecule has 0 bridgehead atoms. The second kappa shape index (κ2) is 6.48. The predicted octanol–water partition coefficient (Wildman–Crippen LogP) is 1.65. The summed E-state index contributed by atoms with van der Waals surface area (Å²) in [5.74, 6) is -1.35. The first-order valence-electron chi connectivity index (χ1n) is 8.52. The number of carbonyl (C=O) groups excluding carboxylic acids is 1. The molecule has 2 aromatic rings. The van der Waals surface area contributed by atoms with E-state index in [1.54, 1.807) is 6.07 Å². The number of carbonyl (C=O) groups is 2. The van der Waals surface area contributed by atoms with Crippen molar-refractivity contribution in [3.8, 4) is 0 Å². The fraction of sp³-hybridized carbons (Fsp3) is 0.500. The molecule has 0 unspecified atom stereocenters. The average Bonchev–Trinajstić information content (AvgIpc) is 2.97. The first-order chi connectivity index (χ1) is 11.9. The second-order valence-corrected chi connectivity index (χ2v) is 6.78. The number of fused-ring (bicyclic) bond motifs is 1. The topological polar surface area (TPSA) is 95.7 Å². The lowest BCUT2D eigenvalue weighted by molar-refractivity contribution is -0.162. The largest absolute Gasteiger partial charge is 0.481 e. The van der Waals surface area contributed by atoms with Crippen molar-refractivity contribution in [1.29, 1.82) is 0 Å². The van der Waals surface area contributed by atoms with Crippen molar-refractivity contribution < 1.29 is 19.8 Å². The van der Waals surface area contributed by atoms with Crippen LogP contribution in [0.15, 0.2) is 24.4 Å². The Kier molecular flexibility index (Phi) is 4.51. The van der Waals surface area contributed by atoms with Crippen molar-refractivity contribution in [2.45, 2.75) is 32.3 Å². The Morgan fingerprint density at radius 1 is 1.36 bits per heavy atom. The van der Waals surface area contributed by atoms with Gasteiger partial charge in [0, 0.05) is 31.7 Å². The molecule has 0 spiro atoms. The molecule has 2 aromatic heterocycles. The smallest absolute Gasteiger partial charge is 0.314 e. The van der Waals surface area contributed by atoms with Gasteiger partial charge in [-0.15, -0.1) is 0 Å². The van der Waals surface area contributed by atoms with E-state index in [-0.39, 0.29) is 18.9 Å². The van der Waals surface area contributed by atoms with E-state index in [2.05, 4.69) is 4.98 Å². The van der Waals surface area contributed by atoms with Crippen molar-refractivity contribution >= 4 is 22.9 Å². The lowest BCUT2D eigenvalue weighted by atomic mass is 9.74. The number of rotatable bonds is 4. The summed E-state index contributed by atoms with van der Waals surface area (Å²) in [5, 5.41) is 20.9. The van der Waals surface area contributed by atoms with E-state index in [9.17, 15) is 19.8 Å². The van der Waals surface area contributed by atoms with Crippen LogP contribution in [-0.4, -0.2) is 55.7 Å². The molecule has 2 atom stereocenters. The molecule has 1 aliphatic rings. The van der Waals surface area contributed by atoms with Gasteiger partial charge in [-0.2, -0.15) is 0 Å². The molecule has 7 heteroatoms. The number of aromatic nitrogens is 2. The molecule has 2 N–H and O–H groups in total. The molecule has 1 amide bonds. The van der Waals surface area contributed by atoms with E-state index in [1.807, 2.05) is 36.9 Å². The van der Waals surface area contributed by atoms with Gasteiger partial charge in [-0.1, -0.05) is 13.3 Å². The minimum absolute atomic E-state index is 0.00300. The fourth-order valence-electron chi connectivity index (χ4n) is 3.68. The monoisotopic (exact) mass is 345 g/mol. The summed E-state index contributed by atoms with van der Waals surface area (Å²) in [4.78, 5) is 30.7. The predicted molar refractivity (Wildman–Crippen MR) is 92.2 cm³/mol. The normalized spacial score (nSPS) is 23.8. The average molecular weight is 345 g/mol. The highest BCUT2D eigenvalue weighted by molar-refractivity contribution is 5.95. The van der Waals surface area contributed by atoms with Gasteiger partial charge in [0.15, 0.2) is 0 Å². The first kappa shape index (κ1) is 17.4. The fourth-order valence-corrected chi connectivity index (χ4v) is 3.68. The van der Waals surface area contributed by atoms with Crippen LogP contribution >= 0.6 is 0 Å². The summed E-state index contributed by atoms with van der Waals surface area (Å²) in [7, 11) is 1.86. The van der Waals surface area contributed by atoms with E-state index in [0.29, 0.717) is 30.7 Å². The molecule has 1 fully saturated rings. The molecular weight excluding hydrogens is 322 g/mol. The molecule has 0 radical (unpaired) electrons. The van der Waals surface area contributed by atoms with Crippen LogP contribution in [0.25, 0.3) is 11.0 Å². The van der Waals surface area contributed by atoms with Crippen LogP contribution in [0.2, 0.25) is 0 Å². The third-order valence-electron chi connectivity index (χ3n) is 5.13. The Morgan fingerprint density at radius 2 is 2.12 bits per heavy atom. The van der Waals surface area contributed by atoms with Gasteiger partial charge in [0.05, 0.1) is 6.10 Å². The number of aliphatic hydroxyl groups is 1. The Morgan fingerprint density at radius 3 is 2.80 bits per heavy atom. The molecule has 7 nitrogen and oxygen atoms in total. The number of likely N-dealkylation sites (tertiary alicyclic amines) is 1. The lowest BCUT2D eigenvalue weighted by Crippen LogP contribution is -2.57. The van der Waals surface area contributed by atoms with Gasteiger partial charge in [-0.25, -0.2) is 4.98 Å². The number of aryl methyl sites for hydroxylation is 1. The summed E-state index contributed by atoms with van der Waals surface area (Å²) < 4.78 is 1.84. The van der Waals surface area contributed by atoms with Crippen molar-refractivity contribution in [2.24, 2.45) is 12.5 Å². The highest BCUT2D eigenvalue weighted by Crippen LogP contribution is 2.36. The summed E-state index contributed by atoms with van der Waals surface area (Å²) in [6.07, 6.45) is 2.14. The zero-order chi connectivity index (χ0) is 18.2. The van der Waals surface area contributed by atoms with Crippen molar-refractivity contribution in [2.75, 3.05) is 13.1 Å². The number of aliphatic carboxylic acids is 1. The van der Waals surface area contributed by atoms with Crippen LogP contribution in [0, 0.1) is 5.41 Å². The molecule has 3 rings (SSSR count). The maximum atomic E-state index is 12.9. The minimum Gasteiger partial charge on any atom is -0.481 e. The van der Waals surface area contributed by atoms with Crippen LogP contribution in [0.5, 0.6) is 0 Å². The summed E-state index contributed by atoms with van der Waals surface area (Å²) in [5.41, 5.74) is -0.306. The van der Waals surface area contributed by atoms with Crippen molar-refractivity contribution in [1.82, 2.24) is 14.5 Å². The maximum absolute atomic E-state index is 12.9. The third kappa shape index (κ3) is 2.89. The Bertz CT molecular complexity index is 816. The number of hydrogen-bond acceptors (Lipinski definition) is 4.